The molecule has 0 aliphatic heterocycles. The summed E-state index contributed by atoms with van der Waals surface area (Å²) in [6.45, 7) is 4.32. The topological polar surface area (TPSA) is 12.0 Å². The number of anilines is 1. The van der Waals surface area contributed by atoms with Crippen LogP contribution in [0.2, 0.25) is 0 Å². The molecule has 15 heavy (non-hydrogen) atoms. The van der Waals surface area contributed by atoms with Gasteiger partial charge in [-0.25, -0.2) is 0 Å². The second-order valence-corrected chi connectivity index (χ2v) is 6.01. The Kier molecular flexibility index (Phi) is 3.49. The van der Waals surface area contributed by atoms with Gasteiger partial charge in [-0.1, -0.05) is 0 Å². The zero-order valence-corrected chi connectivity index (χ0v) is 11.8. The first-order chi connectivity index (χ1) is 7.18. The van der Waals surface area contributed by atoms with Crippen molar-refractivity contribution in [3.8, 4) is 0 Å². The van der Waals surface area contributed by atoms with E-state index in [1.165, 1.54) is 20.6 Å². The molecule has 0 saturated heterocycles. The summed E-state index contributed by atoms with van der Waals surface area (Å²) < 4.78 is 1.19. The molecule has 0 aliphatic rings. The lowest BCUT2D eigenvalue weighted by atomic mass is 10.2. The molecule has 0 fully saturated rings. The number of hydrogen-bond donors (Lipinski definition) is 1. The van der Waals surface area contributed by atoms with Crippen molar-refractivity contribution in [2.75, 3.05) is 5.32 Å². The van der Waals surface area contributed by atoms with E-state index in [0.29, 0.717) is 6.04 Å². The van der Waals surface area contributed by atoms with Gasteiger partial charge in [-0.15, -0.1) is 22.7 Å². The number of halogens is 1. The Balaban J connectivity index is 2.14. The van der Waals surface area contributed by atoms with Gasteiger partial charge in [0, 0.05) is 20.4 Å². The Hall–Kier alpha value is -0.320. The van der Waals surface area contributed by atoms with Crippen LogP contribution in [-0.4, -0.2) is 0 Å². The first-order valence-corrected chi connectivity index (χ1v) is 7.32. The van der Waals surface area contributed by atoms with Gasteiger partial charge in [0.1, 0.15) is 0 Å². The van der Waals surface area contributed by atoms with Crippen LogP contribution in [0.1, 0.15) is 23.4 Å². The first kappa shape index (κ1) is 11.2. The lowest BCUT2D eigenvalue weighted by Gasteiger charge is -2.14. The van der Waals surface area contributed by atoms with Gasteiger partial charge < -0.3 is 5.32 Å². The van der Waals surface area contributed by atoms with E-state index in [0.717, 1.165) is 0 Å². The lowest BCUT2D eigenvalue weighted by molar-refractivity contribution is 0.902. The predicted octanol–water partition coefficient (Wildman–Crippen LogP) is 5.05. The molecule has 1 atom stereocenters. The molecule has 1 N–H and O–H groups in total. The van der Waals surface area contributed by atoms with E-state index < -0.39 is 0 Å². The van der Waals surface area contributed by atoms with Gasteiger partial charge in [0.05, 0.1) is 6.04 Å². The van der Waals surface area contributed by atoms with Crippen LogP contribution in [0.4, 0.5) is 5.69 Å². The quantitative estimate of drug-likeness (QED) is 0.836. The predicted molar refractivity (Wildman–Crippen MR) is 73.1 cm³/mol. The second-order valence-electron chi connectivity index (χ2n) is 3.47. The lowest BCUT2D eigenvalue weighted by Crippen LogP contribution is -2.05. The van der Waals surface area contributed by atoms with Crippen LogP contribution in [0.3, 0.4) is 0 Å². The van der Waals surface area contributed by atoms with E-state index in [-0.39, 0.29) is 0 Å². The summed E-state index contributed by atoms with van der Waals surface area (Å²) in [7, 11) is 0. The number of rotatable bonds is 3. The van der Waals surface area contributed by atoms with Crippen molar-refractivity contribution in [3.63, 3.8) is 0 Å². The molecule has 0 spiro atoms. The fourth-order valence-corrected chi connectivity index (χ4v) is 3.94. The molecule has 0 radical (unpaired) electrons. The van der Waals surface area contributed by atoms with Gasteiger partial charge in [0.2, 0.25) is 0 Å². The summed E-state index contributed by atoms with van der Waals surface area (Å²) in [5.74, 6) is 0. The third-order valence-electron chi connectivity index (χ3n) is 2.27. The number of hydrogen-bond acceptors (Lipinski definition) is 3. The Morgan fingerprint density at radius 3 is 2.73 bits per heavy atom. The second kappa shape index (κ2) is 4.68. The van der Waals surface area contributed by atoms with Gasteiger partial charge in [0.25, 0.3) is 0 Å². The Morgan fingerprint density at radius 1 is 1.40 bits per heavy atom. The molecule has 1 nitrogen and oxygen atoms in total. The van der Waals surface area contributed by atoms with Crippen LogP contribution in [0.15, 0.2) is 26.7 Å². The first-order valence-electron chi connectivity index (χ1n) is 4.70. The normalized spacial score (nSPS) is 12.7. The van der Waals surface area contributed by atoms with Crippen molar-refractivity contribution in [1.29, 1.82) is 0 Å². The van der Waals surface area contributed by atoms with E-state index >= 15 is 0 Å². The number of nitrogens with one attached hydrogen (secondary N) is 1. The molecule has 0 amide bonds. The summed E-state index contributed by atoms with van der Waals surface area (Å²) in [5.41, 5.74) is 2.56. The van der Waals surface area contributed by atoms with E-state index in [4.69, 9.17) is 0 Å². The molecular formula is C11H12BrNS2. The van der Waals surface area contributed by atoms with Crippen molar-refractivity contribution in [1.82, 2.24) is 0 Å². The van der Waals surface area contributed by atoms with Crippen molar-refractivity contribution < 1.29 is 0 Å². The third kappa shape index (κ3) is 2.44. The smallest absolute Gasteiger partial charge is 0.0590 e. The van der Waals surface area contributed by atoms with Gasteiger partial charge in [-0.2, -0.15) is 0 Å². The summed E-state index contributed by atoms with van der Waals surface area (Å²) in [5, 5.41) is 9.96. The van der Waals surface area contributed by atoms with Crippen molar-refractivity contribution in [2.45, 2.75) is 19.9 Å². The van der Waals surface area contributed by atoms with E-state index in [2.05, 4.69) is 57.3 Å². The Morgan fingerprint density at radius 2 is 2.20 bits per heavy atom. The summed E-state index contributed by atoms with van der Waals surface area (Å²) in [4.78, 5) is 1.35. The van der Waals surface area contributed by atoms with Crippen LogP contribution in [-0.2, 0) is 0 Å². The highest BCUT2D eigenvalue weighted by atomic mass is 79.9. The van der Waals surface area contributed by atoms with Gasteiger partial charge >= 0.3 is 0 Å². The molecule has 2 rings (SSSR count). The highest BCUT2D eigenvalue weighted by molar-refractivity contribution is 9.10. The minimum Gasteiger partial charge on any atom is -0.377 e. The molecule has 2 heterocycles. The van der Waals surface area contributed by atoms with E-state index in [1.807, 2.05) is 0 Å². The number of aryl methyl sites for hydroxylation is 1. The summed E-state index contributed by atoms with van der Waals surface area (Å²) >= 11 is 7.08. The average Bonchev–Trinajstić information content (AvgIpc) is 2.76. The van der Waals surface area contributed by atoms with Crippen LogP contribution >= 0.6 is 38.6 Å². The van der Waals surface area contributed by atoms with Gasteiger partial charge in [-0.05, 0) is 52.2 Å². The SMILES string of the molecule is Cc1cscc1NC(C)c1sccc1Br. The van der Waals surface area contributed by atoms with Gasteiger partial charge in [0.15, 0.2) is 0 Å². The van der Waals surface area contributed by atoms with Crippen LogP contribution in [0, 0.1) is 6.92 Å². The minimum absolute atomic E-state index is 0.354. The molecule has 0 bridgehead atoms. The summed E-state index contributed by atoms with van der Waals surface area (Å²) in [6.07, 6.45) is 0. The molecule has 4 heteroatoms. The van der Waals surface area contributed by atoms with Crippen LogP contribution in [0.5, 0.6) is 0 Å². The fourth-order valence-electron chi connectivity index (χ4n) is 1.42. The minimum atomic E-state index is 0.354. The largest absolute Gasteiger partial charge is 0.377 e. The zero-order chi connectivity index (χ0) is 10.8. The van der Waals surface area contributed by atoms with E-state index in [1.54, 1.807) is 22.7 Å². The third-order valence-corrected chi connectivity index (χ3v) is 5.18. The molecular weight excluding hydrogens is 290 g/mol. The Labute approximate surface area is 106 Å². The van der Waals surface area contributed by atoms with Crippen LogP contribution in [0.25, 0.3) is 0 Å². The van der Waals surface area contributed by atoms with Gasteiger partial charge in [-0.3, -0.25) is 0 Å². The molecule has 2 aromatic heterocycles. The maximum absolute atomic E-state index is 3.56. The van der Waals surface area contributed by atoms with Crippen molar-refractivity contribution in [2.24, 2.45) is 0 Å². The fraction of sp³-hybridized carbons (Fsp3) is 0.273. The molecule has 1 unspecified atom stereocenters. The molecule has 2 aromatic rings. The average molecular weight is 302 g/mol. The van der Waals surface area contributed by atoms with E-state index in [9.17, 15) is 0 Å². The molecule has 0 aromatic carbocycles. The molecule has 0 saturated carbocycles. The zero-order valence-electron chi connectivity index (χ0n) is 8.58. The highest BCUT2D eigenvalue weighted by Gasteiger charge is 2.11. The Bertz CT molecular complexity index is 447. The van der Waals surface area contributed by atoms with Crippen molar-refractivity contribution in [3.05, 3.63) is 37.1 Å². The summed E-state index contributed by atoms with van der Waals surface area (Å²) in [6, 6.07) is 2.45. The maximum atomic E-state index is 3.56. The van der Waals surface area contributed by atoms with Crippen molar-refractivity contribution >= 4 is 44.3 Å². The van der Waals surface area contributed by atoms with Crippen LogP contribution < -0.4 is 5.32 Å². The highest BCUT2D eigenvalue weighted by Crippen LogP contribution is 2.32. The monoisotopic (exact) mass is 301 g/mol. The molecule has 0 aliphatic carbocycles. The molecule has 80 valence electrons. The maximum Gasteiger partial charge on any atom is 0.0590 e. The standard InChI is InChI=1S/C11H12BrNS2/c1-7-5-14-6-10(7)13-8(2)11-9(12)3-4-15-11/h3-6,8,13H,1-2H3. The number of thiophene rings is 2.